The summed E-state index contributed by atoms with van der Waals surface area (Å²) in [6, 6.07) is 6.98. The van der Waals surface area contributed by atoms with Gasteiger partial charge in [-0.05, 0) is 17.3 Å². The number of nitrogens with zero attached hydrogens (tertiary/aromatic N) is 5. The average molecular weight is 295 g/mol. The molecule has 0 aliphatic carbocycles. The van der Waals surface area contributed by atoms with Gasteiger partial charge in [0, 0.05) is 5.56 Å². The smallest absolute Gasteiger partial charge is 0.327 e. The Labute approximate surface area is 118 Å². The monoisotopic (exact) mass is 294 g/mol. The number of tetrazole rings is 1. The van der Waals surface area contributed by atoms with Crippen molar-refractivity contribution in [3.8, 4) is 11.4 Å². The molecule has 0 atom stereocenters. The fraction of sp³-hybridized carbons (Fsp3) is 0.182. The number of carboxylic acid groups (broad SMARTS) is 1. The topological polar surface area (TPSA) is 119 Å². The van der Waals surface area contributed by atoms with Crippen molar-refractivity contribution in [1.82, 2.24) is 20.2 Å². The van der Waals surface area contributed by atoms with Gasteiger partial charge in [-0.1, -0.05) is 12.1 Å². The number of nitrogens with two attached hydrogens (primary N) is 1. The number of alkyl halides is 1. The summed E-state index contributed by atoms with van der Waals surface area (Å²) >= 11 is 5.56. The molecule has 1 aromatic heterocycles. The molecule has 1 heterocycles. The number of rotatable bonds is 5. The van der Waals surface area contributed by atoms with Gasteiger partial charge in [0.05, 0.1) is 11.6 Å². The van der Waals surface area contributed by atoms with Crippen molar-refractivity contribution in [2.75, 3.05) is 5.88 Å². The first-order valence-electron chi connectivity index (χ1n) is 5.57. The van der Waals surface area contributed by atoms with Crippen LogP contribution in [0.2, 0.25) is 0 Å². The van der Waals surface area contributed by atoms with Gasteiger partial charge >= 0.3 is 5.97 Å². The predicted molar refractivity (Wildman–Crippen MR) is 72.9 cm³/mol. The SMILES string of the molecule is NC(CCl)=Nc1cccc(-c2nnn(CC(=O)O)n2)c1. The highest BCUT2D eigenvalue weighted by atomic mass is 35.5. The van der Waals surface area contributed by atoms with Gasteiger partial charge in [0.2, 0.25) is 5.82 Å². The van der Waals surface area contributed by atoms with E-state index in [2.05, 4.69) is 20.4 Å². The zero-order chi connectivity index (χ0) is 14.5. The normalized spacial score (nSPS) is 11.6. The lowest BCUT2D eigenvalue weighted by atomic mass is 10.2. The van der Waals surface area contributed by atoms with Crippen LogP contribution in [0.5, 0.6) is 0 Å². The van der Waals surface area contributed by atoms with Crippen LogP contribution in [0.25, 0.3) is 11.4 Å². The first kappa shape index (κ1) is 13.9. The molecule has 0 fully saturated rings. The summed E-state index contributed by atoms with van der Waals surface area (Å²) in [7, 11) is 0. The van der Waals surface area contributed by atoms with Crippen LogP contribution in [0.1, 0.15) is 0 Å². The number of benzene rings is 1. The molecule has 2 rings (SSSR count). The van der Waals surface area contributed by atoms with Gasteiger partial charge in [-0.15, -0.1) is 21.8 Å². The fourth-order valence-electron chi connectivity index (χ4n) is 1.46. The Morgan fingerprint density at radius 2 is 2.30 bits per heavy atom. The first-order chi connectivity index (χ1) is 9.58. The summed E-state index contributed by atoms with van der Waals surface area (Å²) in [6.45, 7) is -0.343. The molecule has 8 nitrogen and oxygen atoms in total. The predicted octanol–water partition coefficient (Wildman–Crippen LogP) is 0.652. The number of hydrogen-bond donors (Lipinski definition) is 2. The summed E-state index contributed by atoms with van der Waals surface area (Å²) in [6.07, 6.45) is 0. The van der Waals surface area contributed by atoms with Crippen LogP contribution in [0.3, 0.4) is 0 Å². The van der Waals surface area contributed by atoms with E-state index >= 15 is 0 Å². The lowest BCUT2D eigenvalue weighted by molar-refractivity contribution is -0.138. The third kappa shape index (κ3) is 3.51. The maximum Gasteiger partial charge on any atom is 0.327 e. The lowest BCUT2D eigenvalue weighted by Gasteiger charge is -1.99. The molecular weight excluding hydrogens is 284 g/mol. The minimum absolute atomic E-state index is 0.136. The van der Waals surface area contributed by atoms with Crippen molar-refractivity contribution < 1.29 is 9.90 Å². The van der Waals surface area contributed by atoms with Gasteiger partial charge < -0.3 is 10.8 Å². The van der Waals surface area contributed by atoms with E-state index in [0.717, 1.165) is 4.80 Å². The van der Waals surface area contributed by atoms with E-state index in [1.807, 2.05) is 0 Å². The highest BCUT2D eigenvalue weighted by molar-refractivity contribution is 6.28. The molecule has 0 spiro atoms. The minimum atomic E-state index is -1.04. The standard InChI is InChI=1S/C11H11ClN6O2/c12-5-9(13)14-8-3-1-2-7(4-8)11-15-17-18(16-11)6-10(19)20/h1-4H,5-6H2,(H2,13,14)(H,19,20). The number of aliphatic carboxylic acids is 1. The summed E-state index contributed by atoms with van der Waals surface area (Å²) < 4.78 is 0. The summed E-state index contributed by atoms with van der Waals surface area (Å²) in [4.78, 5) is 15.7. The minimum Gasteiger partial charge on any atom is -0.480 e. The molecule has 1 aromatic carbocycles. The largest absolute Gasteiger partial charge is 0.480 e. The molecular formula is C11H11ClN6O2. The van der Waals surface area contributed by atoms with Gasteiger partial charge in [0.25, 0.3) is 0 Å². The van der Waals surface area contributed by atoms with Crippen LogP contribution in [0.15, 0.2) is 29.3 Å². The molecule has 104 valence electrons. The Balaban J connectivity index is 2.27. The average Bonchev–Trinajstić information content (AvgIpc) is 2.86. The third-order valence-corrected chi connectivity index (χ3v) is 2.52. The molecule has 0 unspecified atom stereocenters. The van der Waals surface area contributed by atoms with Gasteiger partial charge in [0.1, 0.15) is 5.84 Å². The number of halogens is 1. The van der Waals surface area contributed by atoms with Gasteiger partial charge in [-0.2, -0.15) is 4.80 Å². The zero-order valence-electron chi connectivity index (χ0n) is 10.3. The van der Waals surface area contributed by atoms with Gasteiger partial charge in [-0.3, -0.25) is 4.79 Å². The van der Waals surface area contributed by atoms with Crippen LogP contribution in [-0.2, 0) is 11.3 Å². The van der Waals surface area contributed by atoms with Crippen molar-refractivity contribution in [2.24, 2.45) is 10.7 Å². The fourth-order valence-corrected chi connectivity index (χ4v) is 1.52. The molecule has 9 heteroatoms. The van der Waals surface area contributed by atoms with Crippen molar-refractivity contribution in [1.29, 1.82) is 0 Å². The summed E-state index contributed by atoms with van der Waals surface area (Å²) in [5.41, 5.74) is 6.82. The molecule has 0 radical (unpaired) electrons. The first-order valence-corrected chi connectivity index (χ1v) is 6.11. The van der Waals surface area contributed by atoms with Crippen LogP contribution in [0, 0.1) is 0 Å². The van der Waals surface area contributed by atoms with E-state index in [4.69, 9.17) is 22.4 Å². The van der Waals surface area contributed by atoms with Gasteiger partial charge in [-0.25, -0.2) is 4.99 Å². The van der Waals surface area contributed by atoms with Crippen molar-refractivity contribution in [2.45, 2.75) is 6.54 Å². The van der Waals surface area contributed by atoms with Crippen LogP contribution in [-0.4, -0.2) is 43.0 Å². The van der Waals surface area contributed by atoms with Crippen molar-refractivity contribution >= 4 is 29.1 Å². The second-order valence-corrected chi connectivity index (χ2v) is 4.09. The number of aromatic nitrogens is 4. The number of carboxylic acids is 1. The molecule has 0 aliphatic rings. The molecule has 20 heavy (non-hydrogen) atoms. The van der Waals surface area contributed by atoms with Crippen LogP contribution >= 0.6 is 11.6 Å². The Morgan fingerprint density at radius 1 is 1.50 bits per heavy atom. The molecule has 0 saturated heterocycles. The van der Waals surface area contributed by atoms with E-state index in [9.17, 15) is 4.79 Å². The highest BCUT2D eigenvalue weighted by Gasteiger charge is 2.08. The highest BCUT2D eigenvalue weighted by Crippen LogP contribution is 2.20. The number of carbonyl (C=O) groups is 1. The van der Waals surface area contributed by atoms with Crippen LogP contribution in [0.4, 0.5) is 5.69 Å². The summed E-state index contributed by atoms with van der Waals surface area (Å²) in [5.74, 6) is -0.293. The van der Waals surface area contributed by atoms with E-state index in [1.165, 1.54) is 0 Å². The molecule has 0 aliphatic heterocycles. The summed E-state index contributed by atoms with van der Waals surface area (Å²) in [5, 5.41) is 20.1. The molecule has 0 bridgehead atoms. The quantitative estimate of drug-likeness (QED) is 0.475. The molecule has 0 saturated carbocycles. The van der Waals surface area contributed by atoms with E-state index in [0.29, 0.717) is 22.9 Å². The maximum absolute atomic E-state index is 10.6. The Kier molecular flexibility index (Phi) is 4.26. The second-order valence-electron chi connectivity index (χ2n) is 3.82. The zero-order valence-corrected chi connectivity index (χ0v) is 11.0. The lowest BCUT2D eigenvalue weighted by Crippen LogP contribution is -2.12. The van der Waals surface area contributed by atoms with E-state index < -0.39 is 5.97 Å². The van der Waals surface area contributed by atoms with Gasteiger partial charge in [0.15, 0.2) is 6.54 Å². The van der Waals surface area contributed by atoms with Crippen molar-refractivity contribution in [3.63, 3.8) is 0 Å². The molecule has 0 amide bonds. The number of amidine groups is 1. The third-order valence-electron chi connectivity index (χ3n) is 2.24. The van der Waals surface area contributed by atoms with E-state index in [-0.39, 0.29) is 12.4 Å². The second kappa shape index (κ2) is 6.11. The number of hydrogen-bond acceptors (Lipinski definition) is 5. The number of aliphatic imine (C=N–C) groups is 1. The molecule has 2 aromatic rings. The van der Waals surface area contributed by atoms with E-state index in [1.54, 1.807) is 24.3 Å². The Bertz CT molecular complexity index is 654. The Morgan fingerprint density at radius 3 is 3.00 bits per heavy atom. The van der Waals surface area contributed by atoms with Crippen LogP contribution < -0.4 is 5.73 Å². The maximum atomic E-state index is 10.6. The van der Waals surface area contributed by atoms with Crippen molar-refractivity contribution in [3.05, 3.63) is 24.3 Å². The Hall–Kier alpha value is -2.48. The molecule has 3 N–H and O–H groups in total.